The Morgan fingerprint density at radius 3 is 2.36 bits per heavy atom. The maximum Gasteiger partial charge on any atom is 0.416 e. The maximum absolute atomic E-state index is 12.8. The molecule has 1 fully saturated rings. The van der Waals surface area contributed by atoms with E-state index in [1.165, 1.54) is 44.2 Å². The van der Waals surface area contributed by atoms with Gasteiger partial charge in [-0.05, 0) is 43.0 Å². The lowest BCUT2D eigenvalue weighted by Crippen LogP contribution is -2.30. The minimum absolute atomic E-state index is 0.252. The molecule has 1 atom stereocenters. The lowest BCUT2D eigenvalue weighted by atomic mass is 9.89. The first kappa shape index (κ1) is 17.9. The standard InChI is InChI=1S/C19H22F3N3/c20-19(21,22)16-8-6-15(7-9-16)18(17-13-23-10-11-24-17)25-12-14-4-2-1-3-5-14/h6-11,13-14,18,25H,1-5,12H2. The van der Waals surface area contributed by atoms with Crippen molar-refractivity contribution in [1.82, 2.24) is 15.3 Å². The van der Waals surface area contributed by atoms with E-state index >= 15 is 0 Å². The molecule has 6 heteroatoms. The average Bonchev–Trinajstić information content (AvgIpc) is 2.63. The van der Waals surface area contributed by atoms with Gasteiger partial charge >= 0.3 is 6.18 Å². The maximum atomic E-state index is 12.8. The highest BCUT2D eigenvalue weighted by Crippen LogP contribution is 2.31. The summed E-state index contributed by atoms with van der Waals surface area (Å²) in [6.07, 6.45) is 6.74. The van der Waals surface area contributed by atoms with Gasteiger partial charge in [-0.1, -0.05) is 31.4 Å². The van der Waals surface area contributed by atoms with Crippen LogP contribution in [0.25, 0.3) is 0 Å². The van der Waals surface area contributed by atoms with Crippen LogP contribution in [0, 0.1) is 5.92 Å². The van der Waals surface area contributed by atoms with Gasteiger partial charge in [0.25, 0.3) is 0 Å². The third-order valence-electron chi connectivity index (χ3n) is 4.79. The number of benzene rings is 1. The third kappa shape index (κ3) is 4.78. The molecule has 0 radical (unpaired) electrons. The molecule has 134 valence electrons. The molecule has 1 aromatic carbocycles. The molecule has 0 amide bonds. The van der Waals surface area contributed by atoms with Crippen molar-refractivity contribution in [3.8, 4) is 0 Å². The Balaban J connectivity index is 1.78. The molecule has 0 saturated heterocycles. The summed E-state index contributed by atoms with van der Waals surface area (Å²) >= 11 is 0. The number of alkyl halides is 3. The van der Waals surface area contributed by atoms with Crippen LogP contribution in [0.2, 0.25) is 0 Å². The summed E-state index contributed by atoms with van der Waals surface area (Å²) in [5.41, 5.74) is 0.851. The molecule has 1 saturated carbocycles. The summed E-state index contributed by atoms with van der Waals surface area (Å²) < 4.78 is 38.4. The number of hydrogen-bond acceptors (Lipinski definition) is 3. The van der Waals surface area contributed by atoms with Crippen LogP contribution in [-0.2, 0) is 6.18 Å². The second kappa shape index (κ2) is 7.95. The van der Waals surface area contributed by atoms with Crippen molar-refractivity contribution in [1.29, 1.82) is 0 Å². The third-order valence-corrected chi connectivity index (χ3v) is 4.79. The van der Waals surface area contributed by atoms with Gasteiger partial charge in [0.15, 0.2) is 0 Å². The number of nitrogens with zero attached hydrogens (tertiary/aromatic N) is 2. The SMILES string of the molecule is FC(F)(F)c1ccc(C(NCC2CCCCC2)c2cnccn2)cc1. The minimum Gasteiger partial charge on any atom is -0.305 e. The molecule has 1 heterocycles. The summed E-state index contributed by atoms with van der Waals surface area (Å²) in [5, 5.41) is 3.50. The molecule has 25 heavy (non-hydrogen) atoms. The van der Waals surface area contributed by atoms with Gasteiger partial charge in [-0.25, -0.2) is 0 Å². The van der Waals surface area contributed by atoms with Gasteiger partial charge < -0.3 is 5.32 Å². The molecule has 3 rings (SSSR count). The van der Waals surface area contributed by atoms with E-state index in [1.807, 2.05) is 0 Å². The molecule has 2 aromatic rings. The van der Waals surface area contributed by atoms with Crippen LogP contribution in [0.15, 0.2) is 42.9 Å². The molecular formula is C19H22F3N3. The van der Waals surface area contributed by atoms with E-state index in [-0.39, 0.29) is 6.04 Å². The largest absolute Gasteiger partial charge is 0.416 e. The lowest BCUT2D eigenvalue weighted by molar-refractivity contribution is -0.137. The zero-order valence-corrected chi connectivity index (χ0v) is 14.0. The van der Waals surface area contributed by atoms with Crippen molar-refractivity contribution in [2.75, 3.05) is 6.54 Å². The number of rotatable bonds is 5. The van der Waals surface area contributed by atoms with Gasteiger partial charge in [-0.2, -0.15) is 13.2 Å². The Morgan fingerprint density at radius 1 is 1.04 bits per heavy atom. The molecule has 3 nitrogen and oxygen atoms in total. The number of hydrogen-bond donors (Lipinski definition) is 1. The first-order valence-corrected chi connectivity index (χ1v) is 8.70. The molecule has 1 N–H and O–H groups in total. The Kier molecular flexibility index (Phi) is 5.68. The zero-order valence-electron chi connectivity index (χ0n) is 14.0. The van der Waals surface area contributed by atoms with Crippen molar-refractivity contribution in [2.24, 2.45) is 5.92 Å². The molecule has 1 unspecified atom stereocenters. The molecule has 0 bridgehead atoms. The summed E-state index contributed by atoms with van der Waals surface area (Å²) in [7, 11) is 0. The van der Waals surface area contributed by atoms with Gasteiger partial charge in [-0.3, -0.25) is 9.97 Å². The van der Waals surface area contributed by atoms with Crippen LogP contribution in [0.1, 0.15) is 55.0 Å². The van der Waals surface area contributed by atoms with Gasteiger partial charge in [0.1, 0.15) is 0 Å². The van der Waals surface area contributed by atoms with Crippen LogP contribution >= 0.6 is 0 Å². The van der Waals surface area contributed by atoms with E-state index in [1.54, 1.807) is 18.6 Å². The summed E-state index contributed by atoms with van der Waals surface area (Å²) in [5.74, 6) is 0.613. The van der Waals surface area contributed by atoms with E-state index in [0.717, 1.165) is 29.9 Å². The molecule has 1 aromatic heterocycles. The fraction of sp³-hybridized carbons (Fsp3) is 0.474. The minimum atomic E-state index is -4.32. The monoisotopic (exact) mass is 349 g/mol. The van der Waals surface area contributed by atoms with Crippen LogP contribution in [0.3, 0.4) is 0 Å². The van der Waals surface area contributed by atoms with E-state index in [2.05, 4.69) is 15.3 Å². The van der Waals surface area contributed by atoms with Crippen molar-refractivity contribution >= 4 is 0 Å². The normalized spacial score (nSPS) is 17.4. The van der Waals surface area contributed by atoms with E-state index in [9.17, 15) is 13.2 Å². The van der Waals surface area contributed by atoms with E-state index < -0.39 is 11.7 Å². The van der Waals surface area contributed by atoms with Crippen LogP contribution < -0.4 is 5.32 Å². The Morgan fingerprint density at radius 2 is 1.76 bits per heavy atom. The van der Waals surface area contributed by atoms with Crippen molar-refractivity contribution in [2.45, 2.75) is 44.3 Å². The predicted octanol–water partition coefficient (Wildman–Crippen LogP) is 4.75. The Labute approximate surface area is 145 Å². The smallest absolute Gasteiger partial charge is 0.305 e. The van der Waals surface area contributed by atoms with Crippen molar-refractivity contribution < 1.29 is 13.2 Å². The fourth-order valence-corrected chi connectivity index (χ4v) is 3.39. The Hall–Kier alpha value is -1.95. The number of halogens is 3. The molecule has 1 aliphatic rings. The van der Waals surface area contributed by atoms with Gasteiger partial charge in [0, 0.05) is 12.4 Å². The first-order valence-electron chi connectivity index (χ1n) is 8.70. The van der Waals surface area contributed by atoms with Crippen molar-refractivity contribution in [3.05, 3.63) is 59.7 Å². The summed E-state index contributed by atoms with van der Waals surface area (Å²) in [6.45, 7) is 0.836. The quantitative estimate of drug-likeness (QED) is 0.846. The molecular weight excluding hydrogens is 327 g/mol. The highest BCUT2D eigenvalue weighted by atomic mass is 19.4. The topological polar surface area (TPSA) is 37.8 Å². The van der Waals surface area contributed by atoms with Crippen LogP contribution in [-0.4, -0.2) is 16.5 Å². The Bertz CT molecular complexity index is 650. The lowest BCUT2D eigenvalue weighted by Gasteiger charge is -2.25. The summed E-state index contributed by atoms with van der Waals surface area (Å²) in [4.78, 5) is 8.44. The van der Waals surface area contributed by atoms with E-state index in [0.29, 0.717) is 5.92 Å². The van der Waals surface area contributed by atoms with Gasteiger partial charge in [0.05, 0.1) is 23.5 Å². The predicted molar refractivity (Wildman–Crippen MR) is 89.9 cm³/mol. The summed E-state index contributed by atoms with van der Waals surface area (Å²) in [6, 6.07) is 5.05. The first-order chi connectivity index (χ1) is 12.0. The average molecular weight is 349 g/mol. The fourth-order valence-electron chi connectivity index (χ4n) is 3.39. The molecule has 0 spiro atoms. The van der Waals surface area contributed by atoms with Crippen molar-refractivity contribution in [3.63, 3.8) is 0 Å². The number of nitrogens with one attached hydrogen (secondary N) is 1. The second-order valence-electron chi connectivity index (χ2n) is 6.60. The number of aromatic nitrogens is 2. The second-order valence-corrected chi connectivity index (χ2v) is 6.60. The van der Waals surface area contributed by atoms with Gasteiger partial charge in [-0.15, -0.1) is 0 Å². The van der Waals surface area contributed by atoms with Crippen LogP contribution in [0.5, 0.6) is 0 Å². The zero-order chi connectivity index (χ0) is 17.7. The van der Waals surface area contributed by atoms with Gasteiger partial charge in [0.2, 0.25) is 0 Å². The highest BCUT2D eigenvalue weighted by Gasteiger charge is 2.30. The van der Waals surface area contributed by atoms with Crippen LogP contribution in [0.4, 0.5) is 13.2 Å². The van der Waals surface area contributed by atoms with E-state index in [4.69, 9.17) is 0 Å². The molecule has 1 aliphatic carbocycles. The molecule has 0 aliphatic heterocycles. The highest BCUT2D eigenvalue weighted by molar-refractivity contribution is 5.31.